The van der Waals surface area contributed by atoms with Crippen molar-refractivity contribution in [2.24, 2.45) is 5.92 Å². The molecular weight excluding hydrogens is 577 g/mol. The standard InChI is InChI=1S/C31H39F3N6O4/c1-30(2,3)44-29(42)39-14-8-20(9-15-39)18-38-12-10-22(11-13-38)40-19-21-16-25(26(43-4)17-24(21)37-40)36-28(41)23-6-5-7-27(35-23)31(32,33)34/h5-7,16-17,19-20,22H,8-15,18H2,1-4H3,(H,36,41). The van der Waals surface area contributed by atoms with Crippen LogP contribution in [0.4, 0.5) is 23.7 Å². The fourth-order valence-electron chi connectivity index (χ4n) is 5.79. The quantitative estimate of drug-likeness (QED) is 0.363. The summed E-state index contributed by atoms with van der Waals surface area (Å²) in [6, 6.07) is 6.83. The van der Waals surface area contributed by atoms with Crippen molar-refractivity contribution in [2.75, 3.05) is 45.2 Å². The van der Waals surface area contributed by atoms with Gasteiger partial charge < -0.3 is 24.6 Å². The predicted molar refractivity (Wildman–Crippen MR) is 159 cm³/mol. The maximum Gasteiger partial charge on any atom is 0.433 e. The number of pyridine rings is 1. The van der Waals surface area contributed by atoms with E-state index in [9.17, 15) is 22.8 Å². The summed E-state index contributed by atoms with van der Waals surface area (Å²) < 4.78 is 52.1. The number of carbonyl (C=O) groups excluding carboxylic acids is 2. The number of likely N-dealkylation sites (tertiary alicyclic amines) is 2. The second kappa shape index (κ2) is 12.6. The summed E-state index contributed by atoms with van der Waals surface area (Å²) in [6.07, 6.45) is 0.850. The van der Waals surface area contributed by atoms with Crippen LogP contribution in [0.15, 0.2) is 36.5 Å². The Hall–Kier alpha value is -3.87. The van der Waals surface area contributed by atoms with Gasteiger partial charge in [0.1, 0.15) is 22.7 Å². The van der Waals surface area contributed by atoms with Crippen LogP contribution >= 0.6 is 0 Å². The third kappa shape index (κ3) is 7.61. The van der Waals surface area contributed by atoms with E-state index in [1.165, 1.54) is 13.2 Å². The molecule has 0 aliphatic carbocycles. The average Bonchev–Trinajstić information content (AvgIpc) is 3.39. The molecule has 10 nitrogen and oxygen atoms in total. The summed E-state index contributed by atoms with van der Waals surface area (Å²) in [5.41, 5.74) is -0.968. The fourth-order valence-corrected chi connectivity index (χ4v) is 5.79. The molecule has 4 heterocycles. The number of amides is 2. The van der Waals surface area contributed by atoms with E-state index in [1.807, 2.05) is 36.5 Å². The van der Waals surface area contributed by atoms with E-state index in [0.717, 1.165) is 75.9 Å². The molecule has 0 radical (unpaired) electrons. The Morgan fingerprint density at radius 3 is 2.36 bits per heavy atom. The summed E-state index contributed by atoms with van der Waals surface area (Å²) in [6.45, 7) is 9.99. The topological polar surface area (TPSA) is 102 Å². The molecule has 0 unspecified atom stereocenters. The predicted octanol–water partition coefficient (Wildman–Crippen LogP) is 6.00. The Morgan fingerprint density at radius 2 is 1.73 bits per heavy atom. The van der Waals surface area contributed by atoms with Crippen LogP contribution < -0.4 is 10.1 Å². The van der Waals surface area contributed by atoms with Gasteiger partial charge in [-0.2, -0.15) is 18.3 Å². The van der Waals surface area contributed by atoms with Crippen LogP contribution in [0.5, 0.6) is 5.75 Å². The fraction of sp³-hybridized carbons (Fsp3) is 0.548. The van der Waals surface area contributed by atoms with E-state index in [4.69, 9.17) is 14.6 Å². The van der Waals surface area contributed by atoms with E-state index in [2.05, 4.69) is 15.2 Å². The number of fused-ring (bicyclic) bond motifs is 1. The van der Waals surface area contributed by atoms with Gasteiger partial charge in [-0.3, -0.25) is 9.48 Å². The lowest BCUT2D eigenvalue weighted by Gasteiger charge is -2.38. The van der Waals surface area contributed by atoms with Gasteiger partial charge >= 0.3 is 12.3 Å². The molecule has 0 bridgehead atoms. The Balaban J connectivity index is 1.17. The maximum absolute atomic E-state index is 13.1. The van der Waals surface area contributed by atoms with Gasteiger partial charge in [0.2, 0.25) is 0 Å². The molecule has 2 aliphatic heterocycles. The zero-order valence-electron chi connectivity index (χ0n) is 25.5. The van der Waals surface area contributed by atoms with E-state index in [-0.39, 0.29) is 17.8 Å². The number of ether oxygens (including phenoxy) is 2. The molecule has 0 atom stereocenters. The third-order valence-electron chi connectivity index (χ3n) is 8.08. The van der Waals surface area contributed by atoms with Crippen molar-refractivity contribution in [1.82, 2.24) is 24.6 Å². The summed E-state index contributed by atoms with van der Waals surface area (Å²) in [5.74, 6) is 0.115. The summed E-state index contributed by atoms with van der Waals surface area (Å²) in [7, 11) is 1.45. The summed E-state index contributed by atoms with van der Waals surface area (Å²) in [4.78, 5) is 32.9. The van der Waals surface area contributed by atoms with Crippen molar-refractivity contribution < 1.29 is 32.2 Å². The molecule has 2 saturated heterocycles. The maximum atomic E-state index is 13.1. The Labute approximate surface area is 254 Å². The molecule has 44 heavy (non-hydrogen) atoms. The highest BCUT2D eigenvalue weighted by Crippen LogP contribution is 2.33. The van der Waals surface area contributed by atoms with Crippen LogP contribution in [0.1, 0.15) is 68.7 Å². The monoisotopic (exact) mass is 616 g/mol. The highest BCUT2D eigenvalue weighted by molar-refractivity contribution is 6.05. The van der Waals surface area contributed by atoms with Crippen molar-refractivity contribution in [2.45, 2.75) is 64.3 Å². The number of nitrogens with one attached hydrogen (secondary N) is 1. The zero-order chi connectivity index (χ0) is 31.6. The first-order valence-electron chi connectivity index (χ1n) is 14.9. The molecule has 13 heteroatoms. The Kier molecular flexibility index (Phi) is 9.05. The van der Waals surface area contributed by atoms with Crippen molar-refractivity contribution in [3.05, 3.63) is 47.9 Å². The van der Waals surface area contributed by atoms with Gasteiger partial charge in [0, 0.05) is 50.4 Å². The number of aromatic nitrogens is 3. The minimum atomic E-state index is -4.65. The van der Waals surface area contributed by atoms with Crippen LogP contribution in [0.25, 0.3) is 10.9 Å². The minimum absolute atomic E-state index is 0.214. The molecule has 1 aromatic carbocycles. The van der Waals surface area contributed by atoms with Gasteiger partial charge in [-0.1, -0.05) is 6.07 Å². The highest BCUT2D eigenvalue weighted by Gasteiger charge is 2.33. The molecule has 2 aliphatic rings. The number of rotatable bonds is 6. The van der Waals surface area contributed by atoms with Gasteiger partial charge in [-0.15, -0.1) is 0 Å². The van der Waals surface area contributed by atoms with E-state index >= 15 is 0 Å². The number of hydrogen-bond donors (Lipinski definition) is 1. The molecule has 1 N–H and O–H groups in total. The van der Waals surface area contributed by atoms with Gasteiger partial charge in [0.25, 0.3) is 5.91 Å². The first-order valence-corrected chi connectivity index (χ1v) is 14.9. The normalized spacial score (nSPS) is 17.6. The second-order valence-electron chi connectivity index (χ2n) is 12.5. The second-order valence-corrected chi connectivity index (χ2v) is 12.5. The smallest absolute Gasteiger partial charge is 0.433 e. The average molecular weight is 617 g/mol. The molecule has 2 amide bonds. The lowest BCUT2D eigenvalue weighted by atomic mass is 9.95. The molecular formula is C31H39F3N6O4. The minimum Gasteiger partial charge on any atom is -0.494 e. The van der Waals surface area contributed by atoms with E-state index in [1.54, 1.807) is 12.1 Å². The highest BCUT2D eigenvalue weighted by atomic mass is 19.4. The molecule has 3 aromatic rings. The third-order valence-corrected chi connectivity index (χ3v) is 8.08. The van der Waals surface area contributed by atoms with Crippen molar-refractivity contribution >= 4 is 28.6 Å². The number of hydrogen-bond acceptors (Lipinski definition) is 7. The number of anilines is 1. The van der Waals surface area contributed by atoms with Crippen molar-refractivity contribution in [3.8, 4) is 5.75 Å². The summed E-state index contributed by atoms with van der Waals surface area (Å²) in [5, 5.41) is 8.18. The van der Waals surface area contributed by atoms with Crippen LogP contribution in [-0.2, 0) is 10.9 Å². The zero-order valence-corrected chi connectivity index (χ0v) is 25.5. The number of methoxy groups -OCH3 is 1. The lowest BCUT2D eigenvalue weighted by Crippen LogP contribution is -2.45. The molecule has 2 aromatic heterocycles. The number of alkyl halides is 3. The molecule has 2 fully saturated rings. The molecule has 5 rings (SSSR count). The number of halogens is 3. The Bertz CT molecular complexity index is 1490. The Morgan fingerprint density at radius 1 is 1.02 bits per heavy atom. The molecule has 238 valence electrons. The van der Waals surface area contributed by atoms with Gasteiger partial charge in [-0.05, 0) is 70.6 Å². The molecule has 0 saturated carbocycles. The number of benzene rings is 1. The van der Waals surface area contributed by atoms with Crippen molar-refractivity contribution in [1.29, 1.82) is 0 Å². The largest absolute Gasteiger partial charge is 0.494 e. The van der Waals surface area contributed by atoms with Crippen LogP contribution in [0, 0.1) is 5.92 Å². The van der Waals surface area contributed by atoms with Gasteiger partial charge in [-0.25, -0.2) is 9.78 Å². The van der Waals surface area contributed by atoms with E-state index < -0.39 is 23.4 Å². The summed E-state index contributed by atoms with van der Waals surface area (Å²) >= 11 is 0. The number of nitrogens with zero attached hydrogens (tertiary/aromatic N) is 5. The van der Waals surface area contributed by atoms with E-state index in [0.29, 0.717) is 22.9 Å². The number of piperidine rings is 2. The van der Waals surface area contributed by atoms with Crippen molar-refractivity contribution in [3.63, 3.8) is 0 Å². The first kappa shape index (κ1) is 31.6. The first-order chi connectivity index (χ1) is 20.8. The van der Waals surface area contributed by atoms with Gasteiger partial charge in [0.05, 0.1) is 24.4 Å². The number of carbonyl (C=O) groups is 2. The van der Waals surface area contributed by atoms with Crippen LogP contribution in [0.2, 0.25) is 0 Å². The van der Waals surface area contributed by atoms with Gasteiger partial charge in [0.15, 0.2) is 0 Å². The molecule has 0 spiro atoms. The lowest BCUT2D eigenvalue weighted by molar-refractivity contribution is -0.141. The SMILES string of the molecule is COc1cc2nn(C3CCN(CC4CCN(C(=O)OC(C)(C)C)CC4)CC3)cc2cc1NC(=O)c1cccc(C(F)(F)F)n1. The van der Waals surface area contributed by atoms with Crippen LogP contribution in [0.3, 0.4) is 0 Å². The van der Waals surface area contributed by atoms with Crippen LogP contribution in [-0.4, -0.2) is 82.0 Å².